The molecule has 172 valence electrons. The van der Waals surface area contributed by atoms with Crippen molar-refractivity contribution in [2.45, 2.75) is 26.8 Å². The second kappa shape index (κ2) is 9.07. The fourth-order valence-corrected chi connectivity index (χ4v) is 4.43. The van der Waals surface area contributed by atoms with Crippen molar-refractivity contribution < 1.29 is 19.8 Å². The van der Waals surface area contributed by atoms with E-state index in [1.807, 2.05) is 32.0 Å². The molecule has 0 bridgehead atoms. The van der Waals surface area contributed by atoms with E-state index >= 15 is 0 Å². The average molecular weight is 449 g/mol. The van der Waals surface area contributed by atoms with Crippen molar-refractivity contribution in [1.29, 1.82) is 0 Å². The summed E-state index contributed by atoms with van der Waals surface area (Å²) in [5.41, 5.74) is 2.24. The topological polar surface area (TPSA) is 98.4 Å². The highest BCUT2D eigenvalue weighted by atomic mass is 16.3. The summed E-state index contributed by atoms with van der Waals surface area (Å²) in [5.74, 6) is -1.55. The number of likely N-dealkylation sites (tertiary alicyclic amines) is 1. The molecular weight excluding hydrogens is 420 g/mol. The average Bonchev–Trinajstić information content (AvgIpc) is 3.28. The highest BCUT2D eigenvalue weighted by Crippen LogP contribution is 2.40. The first-order valence-corrected chi connectivity index (χ1v) is 11.1. The number of phenols is 1. The molecule has 1 atom stereocenters. The van der Waals surface area contributed by atoms with E-state index in [9.17, 15) is 19.8 Å². The van der Waals surface area contributed by atoms with Gasteiger partial charge in [0.05, 0.1) is 17.3 Å². The number of ketones is 1. The summed E-state index contributed by atoms with van der Waals surface area (Å²) in [6, 6.07) is 11.1. The number of aryl methyl sites for hydroxylation is 1. The van der Waals surface area contributed by atoms with Crippen LogP contribution in [0.3, 0.4) is 0 Å². The van der Waals surface area contributed by atoms with Crippen molar-refractivity contribution in [3.63, 3.8) is 0 Å². The van der Waals surface area contributed by atoms with Crippen molar-refractivity contribution in [3.05, 3.63) is 71.2 Å². The van der Waals surface area contributed by atoms with Crippen LogP contribution >= 0.6 is 0 Å². The molecule has 1 saturated heterocycles. The minimum Gasteiger partial charge on any atom is -0.508 e. The zero-order valence-electron chi connectivity index (χ0n) is 19.0. The molecule has 3 heterocycles. The van der Waals surface area contributed by atoms with E-state index < -0.39 is 17.7 Å². The maximum atomic E-state index is 13.2. The van der Waals surface area contributed by atoms with E-state index in [-0.39, 0.29) is 17.1 Å². The molecule has 8 nitrogen and oxygen atoms in total. The van der Waals surface area contributed by atoms with E-state index in [0.717, 1.165) is 13.1 Å². The Balaban J connectivity index is 1.87. The van der Waals surface area contributed by atoms with Crippen molar-refractivity contribution in [2.24, 2.45) is 0 Å². The summed E-state index contributed by atoms with van der Waals surface area (Å²) in [5, 5.41) is 21.2. The molecule has 2 N–H and O–H groups in total. The summed E-state index contributed by atoms with van der Waals surface area (Å²) in [6.45, 7) is 8.43. The molecule has 1 aliphatic heterocycles. The number of imidazole rings is 1. The molecule has 3 aromatic rings. The molecule has 0 saturated carbocycles. The lowest BCUT2D eigenvalue weighted by Crippen LogP contribution is -2.38. The quantitative estimate of drug-likeness (QED) is 0.327. The predicted molar refractivity (Wildman–Crippen MR) is 125 cm³/mol. The van der Waals surface area contributed by atoms with Gasteiger partial charge in [-0.15, -0.1) is 0 Å². The van der Waals surface area contributed by atoms with Crippen LogP contribution in [0.5, 0.6) is 5.75 Å². The van der Waals surface area contributed by atoms with Crippen LogP contribution in [-0.2, 0) is 9.59 Å². The lowest BCUT2D eigenvalue weighted by molar-refractivity contribution is -0.140. The number of Topliss-reactive ketones (excluding diaryl/α,β-unsaturated/α-hetero) is 1. The fourth-order valence-electron chi connectivity index (χ4n) is 4.43. The van der Waals surface area contributed by atoms with Gasteiger partial charge >= 0.3 is 0 Å². The number of likely N-dealkylation sites (N-methyl/N-ethyl adjacent to an activating group) is 1. The number of amides is 1. The van der Waals surface area contributed by atoms with E-state index in [1.54, 1.807) is 29.7 Å². The van der Waals surface area contributed by atoms with Gasteiger partial charge < -0.3 is 20.0 Å². The van der Waals surface area contributed by atoms with Crippen molar-refractivity contribution >= 4 is 23.1 Å². The number of aromatic hydroxyl groups is 1. The van der Waals surface area contributed by atoms with Gasteiger partial charge in [-0.3, -0.25) is 14.0 Å². The Morgan fingerprint density at radius 3 is 2.45 bits per heavy atom. The van der Waals surface area contributed by atoms with Gasteiger partial charge in [0, 0.05) is 19.3 Å². The van der Waals surface area contributed by atoms with Gasteiger partial charge in [0.15, 0.2) is 5.76 Å². The minimum absolute atomic E-state index is 0.0268. The molecule has 1 amide bonds. The van der Waals surface area contributed by atoms with E-state index in [2.05, 4.69) is 9.88 Å². The highest BCUT2D eigenvalue weighted by Gasteiger charge is 2.46. The molecule has 8 heteroatoms. The molecule has 33 heavy (non-hydrogen) atoms. The number of aliphatic hydroxyl groups is 1. The molecule has 4 rings (SSSR count). The number of carbonyl (C=O) groups is 2. The number of aromatic nitrogens is 2. The van der Waals surface area contributed by atoms with Crippen LogP contribution in [-0.4, -0.2) is 67.3 Å². The monoisotopic (exact) mass is 448 g/mol. The fraction of sp³-hybridized carbons (Fsp3) is 0.320. The van der Waals surface area contributed by atoms with Gasteiger partial charge in [0.1, 0.15) is 17.1 Å². The van der Waals surface area contributed by atoms with E-state index in [4.69, 9.17) is 0 Å². The van der Waals surface area contributed by atoms with Crippen molar-refractivity contribution in [2.75, 3.05) is 26.2 Å². The Labute approximate surface area is 192 Å². The third-order valence-corrected chi connectivity index (χ3v) is 6.23. The summed E-state index contributed by atoms with van der Waals surface area (Å²) >= 11 is 0. The second-order valence-electron chi connectivity index (χ2n) is 8.09. The van der Waals surface area contributed by atoms with Crippen LogP contribution < -0.4 is 0 Å². The Bertz CT molecular complexity index is 1220. The molecule has 0 spiro atoms. The Morgan fingerprint density at radius 1 is 1.09 bits per heavy atom. The smallest absolute Gasteiger partial charge is 0.295 e. The zero-order valence-corrected chi connectivity index (χ0v) is 19.0. The zero-order chi connectivity index (χ0) is 23.7. The molecule has 1 aliphatic rings. The number of pyridine rings is 1. The summed E-state index contributed by atoms with van der Waals surface area (Å²) < 4.78 is 1.71. The van der Waals surface area contributed by atoms with Crippen molar-refractivity contribution in [1.82, 2.24) is 19.2 Å². The molecule has 0 radical (unpaired) electrons. The number of aliphatic hydroxyl groups excluding tert-OH is 1. The lowest BCUT2D eigenvalue weighted by atomic mass is 9.96. The Kier molecular flexibility index (Phi) is 6.20. The Hall–Kier alpha value is -3.65. The van der Waals surface area contributed by atoms with E-state index in [1.165, 1.54) is 17.0 Å². The summed E-state index contributed by atoms with van der Waals surface area (Å²) in [4.78, 5) is 34.5. The molecule has 0 aliphatic carbocycles. The van der Waals surface area contributed by atoms with Gasteiger partial charge in [-0.25, -0.2) is 4.98 Å². The van der Waals surface area contributed by atoms with Crippen LogP contribution in [0.15, 0.2) is 54.2 Å². The number of phenolic OH excluding ortho intramolecular Hbond substituents is 1. The first kappa shape index (κ1) is 22.5. The second-order valence-corrected chi connectivity index (χ2v) is 8.09. The molecule has 1 aromatic carbocycles. The van der Waals surface area contributed by atoms with Gasteiger partial charge in [-0.05, 0) is 49.8 Å². The third-order valence-electron chi connectivity index (χ3n) is 6.23. The summed E-state index contributed by atoms with van der Waals surface area (Å²) in [7, 11) is 0. The number of fused-ring (bicyclic) bond motifs is 1. The van der Waals surface area contributed by atoms with Crippen LogP contribution in [0.25, 0.3) is 11.4 Å². The number of nitrogens with zero attached hydrogens (tertiary/aromatic N) is 4. The van der Waals surface area contributed by atoms with Gasteiger partial charge in [-0.2, -0.15) is 0 Å². The lowest BCUT2D eigenvalue weighted by Gasteiger charge is -2.28. The van der Waals surface area contributed by atoms with Gasteiger partial charge in [-0.1, -0.05) is 32.0 Å². The first-order valence-electron chi connectivity index (χ1n) is 11.1. The third kappa shape index (κ3) is 3.98. The largest absolute Gasteiger partial charge is 0.508 e. The number of benzene rings is 1. The highest BCUT2D eigenvalue weighted by molar-refractivity contribution is 6.46. The number of hydrogen-bond acceptors (Lipinski definition) is 6. The molecule has 2 aromatic heterocycles. The molecular formula is C25H28N4O4. The maximum absolute atomic E-state index is 13.2. The first-order chi connectivity index (χ1) is 15.9. The van der Waals surface area contributed by atoms with E-state index in [0.29, 0.717) is 35.7 Å². The van der Waals surface area contributed by atoms with Crippen molar-refractivity contribution in [3.8, 4) is 5.75 Å². The minimum atomic E-state index is -0.769. The number of carbonyl (C=O) groups excluding carboxylic acids is 2. The van der Waals surface area contributed by atoms with Crippen LogP contribution in [0.2, 0.25) is 0 Å². The van der Waals surface area contributed by atoms with Gasteiger partial charge in [0.25, 0.3) is 11.7 Å². The normalized spacial score (nSPS) is 18.1. The molecule has 1 unspecified atom stereocenters. The number of hydrogen-bond donors (Lipinski definition) is 2. The predicted octanol–water partition coefficient (Wildman–Crippen LogP) is 3.11. The van der Waals surface area contributed by atoms with Crippen LogP contribution in [0, 0.1) is 6.92 Å². The van der Waals surface area contributed by atoms with Gasteiger partial charge in [0.2, 0.25) is 0 Å². The summed E-state index contributed by atoms with van der Waals surface area (Å²) in [6.07, 6.45) is 1.76. The van der Waals surface area contributed by atoms with Crippen LogP contribution in [0.4, 0.5) is 0 Å². The Morgan fingerprint density at radius 2 is 1.79 bits per heavy atom. The molecule has 1 fully saturated rings. The maximum Gasteiger partial charge on any atom is 0.295 e. The SMILES string of the molecule is CCN(CC)CCN1C(=O)C(=O)C(=C(O)c2c(C)nc3ccccn23)C1c1ccc(O)cc1. The standard InChI is InChI=1S/C25H28N4O4/c1-4-27(5-2)14-15-29-22(17-9-11-18(30)12-10-17)20(24(32)25(29)33)23(31)21-16(3)26-19-8-6-7-13-28(19)21/h6-13,22,30-31H,4-5,14-15H2,1-3H3. The number of rotatable bonds is 7. The van der Waals surface area contributed by atoms with Crippen LogP contribution in [0.1, 0.15) is 36.8 Å².